The highest BCUT2D eigenvalue weighted by Crippen LogP contribution is 2.25. The van der Waals surface area contributed by atoms with E-state index in [1.807, 2.05) is 23.6 Å². The lowest BCUT2D eigenvalue weighted by Gasteiger charge is -2.32. The van der Waals surface area contributed by atoms with Gasteiger partial charge in [0.05, 0.1) is 11.3 Å². The van der Waals surface area contributed by atoms with E-state index in [0.717, 1.165) is 43.0 Å². The van der Waals surface area contributed by atoms with Crippen LogP contribution in [0.2, 0.25) is 0 Å². The number of piperidine rings is 1. The Bertz CT molecular complexity index is 1060. The first-order chi connectivity index (χ1) is 14.2. The molecule has 0 aliphatic carbocycles. The Kier molecular flexibility index (Phi) is 5.21. The van der Waals surface area contributed by atoms with Gasteiger partial charge in [0.2, 0.25) is 0 Å². The number of amides is 1. The van der Waals surface area contributed by atoms with Crippen LogP contribution in [-0.2, 0) is 5.60 Å². The Hall–Kier alpha value is -2.97. The van der Waals surface area contributed by atoms with E-state index in [4.69, 9.17) is 5.73 Å². The van der Waals surface area contributed by atoms with Crippen molar-refractivity contribution in [2.75, 3.05) is 23.3 Å². The van der Waals surface area contributed by atoms with Crippen LogP contribution >= 0.6 is 0 Å². The van der Waals surface area contributed by atoms with Crippen molar-refractivity contribution < 1.29 is 9.90 Å². The van der Waals surface area contributed by atoms with Crippen LogP contribution in [0, 0.1) is 6.92 Å². The summed E-state index contributed by atoms with van der Waals surface area (Å²) in [5.41, 5.74) is 7.90. The fourth-order valence-electron chi connectivity index (χ4n) is 3.71. The Labute approximate surface area is 175 Å². The Balaban J connectivity index is 1.61. The van der Waals surface area contributed by atoms with E-state index in [2.05, 4.69) is 20.3 Å². The SMILES string of the molecule is Cc1cc2nc(NC(=O)c3ccc(C(C)(C)O)cc3)cc(N3CCC(N)CC3)n2n1. The van der Waals surface area contributed by atoms with Gasteiger partial charge >= 0.3 is 0 Å². The number of nitrogens with zero attached hydrogens (tertiary/aromatic N) is 4. The number of anilines is 2. The number of fused-ring (bicyclic) bond motifs is 1. The fourth-order valence-corrected chi connectivity index (χ4v) is 3.71. The van der Waals surface area contributed by atoms with Crippen molar-refractivity contribution in [2.45, 2.75) is 45.3 Å². The molecule has 4 rings (SSSR count). The van der Waals surface area contributed by atoms with Crippen molar-refractivity contribution >= 4 is 23.2 Å². The molecule has 3 aromatic rings. The second kappa shape index (κ2) is 7.70. The molecule has 1 aliphatic rings. The van der Waals surface area contributed by atoms with Crippen molar-refractivity contribution in [3.05, 3.63) is 53.2 Å². The summed E-state index contributed by atoms with van der Waals surface area (Å²) >= 11 is 0. The van der Waals surface area contributed by atoms with E-state index in [9.17, 15) is 9.90 Å². The molecule has 30 heavy (non-hydrogen) atoms. The minimum absolute atomic E-state index is 0.226. The predicted molar refractivity (Wildman–Crippen MR) is 117 cm³/mol. The van der Waals surface area contributed by atoms with E-state index >= 15 is 0 Å². The molecule has 1 fully saturated rings. The van der Waals surface area contributed by atoms with Crippen molar-refractivity contribution in [2.24, 2.45) is 5.73 Å². The Morgan fingerprint density at radius 3 is 2.50 bits per heavy atom. The third kappa shape index (κ3) is 4.15. The van der Waals surface area contributed by atoms with Crippen molar-refractivity contribution in [1.82, 2.24) is 14.6 Å². The molecule has 8 heteroatoms. The zero-order valence-corrected chi connectivity index (χ0v) is 17.6. The molecule has 1 aliphatic heterocycles. The van der Waals surface area contributed by atoms with Crippen molar-refractivity contribution in [1.29, 1.82) is 0 Å². The molecule has 8 nitrogen and oxygen atoms in total. The Morgan fingerprint density at radius 2 is 1.87 bits per heavy atom. The molecule has 0 atom stereocenters. The summed E-state index contributed by atoms with van der Waals surface area (Å²) in [4.78, 5) is 19.6. The van der Waals surface area contributed by atoms with Crippen molar-refractivity contribution in [3.63, 3.8) is 0 Å². The normalized spacial score (nSPS) is 15.6. The van der Waals surface area contributed by atoms with E-state index in [0.29, 0.717) is 17.0 Å². The molecular weight excluding hydrogens is 380 g/mol. The van der Waals surface area contributed by atoms with Gasteiger partial charge in [0, 0.05) is 36.8 Å². The van der Waals surface area contributed by atoms with Gasteiger partial charge in [-0.15, -0.1) is 0 Å². The van der Waals surface area contributed by atoms with Crippen LogP contribution in [0.15, 0.2) is 36.4 Å². The number of aromatic nitrogens is 3. The molecule has 3 heterocycles. The van der Waals surface area contributed by atoms with Gasteiger partial charge in [-0.25, -0.2) is 4.98 Å². The monoisotopic (exact) mass is 408 g/mol. The fraction of sp³-hybridized carbons (Fsp3) is 0.409. The van der Waals surface area contributed by atoms with Gasteiger partial charge in [-0.05, 0) is 51.3 Å². The van der Waals surface area contributed by atoms with Crippen LogP contribution in [0.4, 0.5) is 11.6 Å². The number of benzene rings is 1. The summed E-state index contributed by atoms with van der Waals surface area (Å²) in [6.07, 6.45) is 1.83. The summed E-state index contributed by atoms with van der Waals surface area (Å²) in [5, 5.41) is 17.6. The molecule has 2 aromatic heterocycles. The van der Waals surface area contributed by atoms with E-state index in [1.54, 1.807) is 38.1 Å². The van der Waals surface area contributed by atoms with Gasteiger partial charge in [-0.1, -0.05) is 12.1 Å². The summed E-state index contributed by atoms with van der Waals surface area (Å²) in [6, 6.07) is 10.9. The van der Waals surface area contributed by atoms with Crippen molar-refractivity contribution in [3.8, 4) is 0 Å². The maximum atomic E-state index is 12.8. The lowest BCUT2D eigenvalue weighted by Crippen LogP contribution is -2.40. The first-order valence-electron chi connectivity index (χ1n) is 10.2. The number of nitrogens with one attached hydrogen (secondary N) is 1. The molecule has 0 saturated carbocycles. The number of hydrogen-bond donors (Lipinski definition) is 3. The molecule has 0 spiro atoms. The van der Waals surface area contributed by atoms with Gasteiger partial charge in [0.1, 0.15) is 11.6 Å². The zero-order chi connectivity index (χ0) is 21.5. The molecular formula is C22H28N6O2. The molecule has 1 amide bonds. The summed E-state index contributed by atoms with van der Waals surface area (Å²) in [6.45, 7) is 7.02. The average molecular weight is 409 g/mol. The Morgan fingerprint density at radius 1 is 1.20 bits per heavy atom. The summed E-state index contributed by atoms with van der Waals surface area (Å²) in [7, 11) is 0. The minimum Gasteiger partial charge on any atom is -0.386 e. The molecule has 1 aromatic carbocycles. The molecule has 0 bridgehead atoms. The van der Waals surface area contributed by atoms with Crippen LogP contribution in [0.25, 0.3) is 5.65 Å². The maximum Gasteiger partial charge on any atom is 0.256 e. The van der Waals surface area contributed by atoms with Crippen LogP contribution in [0.5, 0.6) is 0 Å². The van der Waals surface area contributed by atoms with E-state index in [1.165, 1.54) is 0 Å². The lowest BCUT2D eigenvalue weighted by atomic mass is 9.97. The van der Waals surface area contributed by atoms with E-state index < -0.39 is 5.60 Å². The zero-order valence-electron chi connectivity index (χ0n) is 17.6. The number of carbonyl (C=O) groups excluding carboxylic acids is 1. The molecule has 158 valence electrons. The van der Waals surface area contributed by atoms with Gasteiger partial charge < -0.3 is 21.1 Å². The third-order valence-corrected chi connectivity index (χ3v) is 5.49. The molecule has 1 saturated heterocycles. The highest BCUT2D eigenvalue weighted by atomic mass is 16.3. The number of carbonyl (C=O) groups is 1. The topological polar surface area (TPSA) is 109 Å². The molecule has 0 radical (unpaired) electrons. The number of hydrogen-bond acceptors (Lipinski definition) is 6. The number of aliphatic hydroxyl groups is 1. The third-order valence-electron chi connectivity index (χ3n) is 5.49. The second-order valence-corrected chi connectivity index (χ2v) is 8.47. The molecule has 4 N–H and O–H groups in total. The van der Waals surface area contributed by atoms with Crippen LogP contribution in [0.1, 0.15) is 48.3 Å². The van der Waals surface area contributed by atoms with Crippen LogP contribution in [0.3, 0.4) is 0 Å². The van der Waals surface area contributed by atoms with Gasteiger partial charge in [-0.3, -0.25) is 4.79 Å². The number of aryl methyl sites for hydroxylation is 1. The average Bonchev–Trinajstić information content (AvgIpc) is 3.07. The first-order valence-corrected chi connectivity index (χ1v) is 10.2. The van der Waals surface area contributed by atoms with Gasteiger partial charge in [0.25, 0.3) is 5.91 Å². The summed E-state index contributed by atoms with van der Waals surface area (Å²) in [5.74, 6) is 1.12. The number of nitrogens with two attached hydrogens (primary N) is 1. The van der Waals surface area contributed by atoms with Crippen LogP contribution < -0.4 is 16.0 Å². The predicted octanol–water partition coefficient (Wildman–Crippen LogP) is 2.44. The van der Waals surface area contributed by atoms with E-state index in [-0.39, 0.29) is 11.9 Å². The second-order valence-electron chi connectivity index (χ2n) is 8.47. The first kappa shape index (κ1) is 20.3. The smallest absolute Gasteiger partial charge is 0.256 e. The highest BCUT2D eigenvalue weighted by Gasteiger charge is 2.21. The van der Waals surface area contributed by atoms with Gasteiger partial charge in [-0.2, -0.15) is 9.61 Å². The largest absolute Gasteiger partial charge is 0.386 e. The lowest BCUT2D eigenvalue weighted by molar-refractivity contribution is 0.0785. The van der Waals surface area contributed by atoms with Crippen LogP contribution in [-0.4, -0.2) is 44.7 Å². The minimum atomic E-state index is -0.951. The quantitative estimate of drug-likeness (QED) is 0.612. The maximum absolute atomic E-state index is 12.8. The standard InChI is InChI=1S/C22H28N6O2/c1-14-12-19-24-18(13-20(28(19)26-14)27-10-8-17(23)9-11-27)25-21(29)15-4-6-16(7-5-15)22(2,3)30/h4-7,12-13,17,30H,8-11,23H2,1-3H3,(H,24,25,29). The number of rotatable bonds is 4. The highest BCUT2D eigenvalue weighted by molar-refractivity contribution is 6.04. The summed E-state index contributed by atoms with van der Waals surface area (Å²) < 4.78 is 1.82. The molecule has 0 unspecified atom stereocenters. The van der Waals surface area contributed by atoms with Gasteiger partial charge in [0.15, 0.2) is 5.65 Å².